The van der Waals surface area contributed by atoms with Gasteiger partial charge in [-0.25, -0.2) is 23.6 Å². The maximum atomic E-state index is 14.6. The number of alkyl halides is 2. The largest absolute Gasteiger partial charge is 0.402 e. The van der Waals surface area contributed by atoms with Gasteiger partial charge in [0.1, 0.15) is 11.6 Å². The summed E-state index contributed by atoms with van der Waals surface area (Å²) in [6.45, 7) is 2.89. The Labute approximate surface area is 166 Å². The number of anilines is 1. The molecule has 1 aromatic rings. The lowest BCUT2D eigenvalue weighted by atomic mass is 9.88. The molecule has 0 aromatic carbocycles. The van der Waals surface area contributed by atoms with Crippen molar-refractivity contribution in [1.29, 1.82) is 0 Å². The fourth-order valence-electron chi connectivity index (χ4n) is 2.98. The summed E-state index contributed by atoms with van der Waals surface area (Å²) in [7, 11) is 0. The monoisotopic (exact) mass is 412 g/mol. The first-order valence-corrected chi connectivity index (χ1v) is 8.89. The first kappa shape index (κ1) is 22.3. The number of amides is 2. The molecule has 2 amide bonds. The second-order valence-corrected chi connectivity index (χ2v) is 6.76. The number of allylic oxidation sites excluding steroid dienone is 2. The van der Waals surface area contributed by atoms with Crippen molar-refractivity contribution < 1.29 is 22.8 Å². The second kappa shape index (κ2) is 9.50. The van der Waals surface area contributed by atoms with Crippen LogP contribution >= 0.6 is 0 Å². The third-order valence-corrected chi connectivity index (χ3v) is 4.54. The molecular weight excluding hydrogens is 389 g/mol. The highest BCUT2D eigenvalue weighted by Gasteiger charge is 2.47. The van der Waals surface area contributed by atoms with Gasteiger partial charge in [-0.2, -0.15) is 5.10 Å². The first-order valence-electron chi connectivity index (χ1n) is 8.89. The SMILES string of the molecule is C/C(N)=C\C(=N/NC=O)C1CN(C(C)C(=O)Nc2ccc(F)cn2)CCC1(F)F. The molecule has 2 unspecified atom stereocenters. The number of carbonyl (C=O) groups is 2. The van der Waals surface area contributed by atoms with Crippen LogP contribution in [-0.2, 0) is 9.59 Å². The molecule has 1 saturated heterocycles. The van der Waals surface area contributed by atoms with Crippen LogP contribution in [0.1, 0.15) is 20.3 Å². The van der Waals surface area contributed by atoms with Crippen molar-refractivity contribution >= 4 is 23.8 Å². The second-order valence-electron chi connectivity index (χ2n) is 6.76. The van der Waals surface area contributed by atoms with Crippen molar-refractivity contribution in [3.8, 4) is 0 Å². The molecule has 29 heavy (non-hydrogen) atoms. The van der Waals surface area contributed by atoms with Crippen LogP contribution in [-0.4, -0.2) is 53.0 Å². The molecule has 0 radical (unpaired) electrons. The minimum absolute atomic E-state index is 0.0192. The lowest BCUT2D eigenvalue weighted by molar-refractivity contribution is -0.126. The van der Waals surface area contributed by atoms with E-state index >= 15 is 0 Å². The van der Waals surface area contributed by atoms with Gasteiger partial charge >= 0.3 is 0 Å². The Balaban J connectivity index is 2.17. The number of likely N-dealkylation sites (tertiary alicyclic amines) is 1. The van der Waals surface area contributed by atoms with Crippen molar-refractivity contribution in [2.75, 3.05) is 18.4 Å². The zero-order chi connectivity index (χ0) is 21.6. The molecule has 0 bridgehead atoms. The summed E-state index contributed by atoms with van der Waals surface area (Å²) in [5.74, 6) is -5.33. The summed E-state index contributed by atoms with van der Waals surface area (Å²) in [5, 5.41) is 6.24. The van der Waals surface area contributed by atoms with E-state index in [1.54, 1.807) is 11.8 Å². The van der Waals surface area contributed by atoms with Crippen LogP contribution in [0.25, 0.3) is 0 Å². The van der Waals surface area contributed by atoms with Crippen molar-refractivity contribution in [2.24, 2.45) is 16.8 Å². The van der Waals surface area contributed by atoms with E-state index in [1.807, 2.05) is 5.43 Å². The fourth-order valence-corrected chi connectivity index (χ4v) is 2.98. The Kier molecular flexibility index (Phi) is 7.32. The number of carbonyl (C=O) groups excluding carboxylic acids is 2. The number of hydrogen-bond donors (Lipinski definition) is 3. The molecule has 0 saturated carbocycles. The van der Waals surface area contributed by atoms with Gasteiger partial charge in [-0.3, -0.25) is 14.5 Å². The van der Waals surface area contributed by atoms with Gasteiger partial charge in [0.25, 0.3) is 5.92 Å². The summed E-state index contributed by atoms with van der Waals surface area (Å²) in [6, 6.07) is 1.69. The lowest BCUT2D eigenvalue weighted by Crippen LogP contribution is -2.55. The highest BCUT2D eigenvalue weighted by molar-refractivity contribution is 5.98. The molecule has 1 aliphatic rings. The molecule has 2 heterocycles. The summed E-state index contributed by atoms with van der Waals surface area (Å²) in [6.07, 6.45) is 2.00. The van der Waals surface area contributed by atoms with E-state index < -0.39 is 36.0 Å². The number of rotatable bonds is 7. The molecule has 11 heteroatoms. The van der Waals surface area contributed by atoms with E-state index in [2.05, 4.69) is 15.4 Å². The lowest BCUT2D eigenvalue weighted by Gasteiger charge is -2.40. The minimum atomic E-state index is -3.10. The molecule has 1 fully saturated rings. The van der Waals surface area contributed by atoms with Crippen LogP contribution in [0, 0.1) is 11.7 Å². The number of nitrogens with one attached hydrogen (secondary N) is 2. The molecule has 8 nitrogen and oxygen atoms in total. The van der Waals surface area contributed by atoms with E-state index in [9.17, 15) is 22.8 Å². The molecule has 1 aromatic heterocycles. The Hall–Kier alpha value is -2.95. The highest BCUT2D eigenvalue weighted by atomic mass is 19.3. The predicted molar refractivity (Wildman–Crippen MR) is 101 cm³/mol. The first-order chi connectivity index (χ1) is 13.6. The van der Waals surface area contributed by atoms with Gasteiger partial charge in [0.2, 0.25) is 12.3 Å². The normalized spacial score (nSPS) is 21.3. The number of hydrazone groups is 1. The van der Waals surface area contributed by atoms with E-state index in [0.29, 0.717) is 0 Å². The summed E-state index contributed by atoms with van der Waals surface area (Å²) in [5.41, 5.74) is 7.80. The van der Waals surface area contributed by atoms with Crippen molar-refractivity contribution in [1.82, 2.24) is 15.3 Å². The molecule has 2 atom stereocenters. The zero-order valence-corrected chi connectivity index (χ0v) is 16.0. The number of nitrogens with zero attached hydrogens (tertiary/aromatic N) is 3. The topological polar surface area (TPSA) is 113 Å². The van der Waals surface area contributed by atoms with Crippen LogP contribution in [0.15, 0.2) is 35.2 Å². The fraction of sp³-hybridized carbons (Fsp3) is 0.444. The van der Waals surface area contributed by atoms with Gasteiger partial charge in [0.15, 0.2) is 0 Å². The van der Waals surface area contributed by atoms with E-state index in [4.69, 9.17) is 5.73 Å². The Morgan fingerprint density at radius 1 is 1.48 bits per heavy atom. The van der Waals surface area contributed by atoms with Crippen LogP contribution in [0.3, 0.4) is 0 Å². The molecule has 4 N–H and O–H groups in total. The average Bonchev–Trinajstić information content (AvgIpc) is 2.66. The van der Waals surface area contributed by atoms with E-state index in [-0.39, 0.29) is 36.7 Å². The quantitative estimate of drug-likeness (QED) is 0.357. The maximum Gasteiger partial charge on any atom is 0.258 e. The zero-order valence-electron chi connectivity index (χ0n) is 16.0. The van der Waals surface area contributed by atoms with Crippen molar-refractivity contribution in [3.05, 3.63) is 35.9 Å². The standard InChI is InChI=1S/C18H23F3N6O2/c1-11(22)7-15(26-24-10-28)14-9-27(6-5-18(14,20)21)12(2)17(29)25-16-4-3-13(19)8-23-16/h3-4,7-8,10,12,14H,5-6,9,22H2,1-2H3,(H,24,28)(H,23,25,29)/b11-7+,26-15+. The number of halogens is 3. The molecule has 2 rings (SSSR count). The molecule has 158 valence electrons. The number of aromatic nitrogens is 1. The summed E-state index contributed by atoms with van der Waals surface area (Å²) >= 11 is 0. The summed E-state index contributed by atoms with van der Waals surface area (Å²) in [4.78, 5) is 28.4. The smallest absolute Gasteiger partial charge is 0.258 e. The highest BCUT2D eigenvalue weighted by Crippen LogP contribution is 2.35. The Morgan fingerprint density at radius 3 is 2.79 bits per heavy atom. The maximum absolute atomic E-state index is 14.6. The van der Waals surface area contributed by atoms with Gasteiger partial charge in [0.05, 0.1) is 23.9 Å². The van der Waals surface area contributed by atoms with Crippen LogP contribution < -0.4 is 16.5 Å². The molecule has 0 aliphatic carbocycles. The van der Waals surface area contributed by atoms with Crippen LogP contribution in [0.2, 0.25) is 0 Å². The third-order valence-electron chi connectivity index (χ3n) is 4.54. The number of piperidine rings is 1. The van der Waals surface area contributed by atoms with Crippen LogP contribution in [0.4, 0.5) is 19.0 Å². The van der Waals surface area contributed by atoms with Crippen molar-refractivity contribution in [2.45, 2.75) is 32.2 Å². The molecule has 0 spiro atoms. The Morgan fingerprint density at radius 2 is 2.21 bits per heavy atom. The number of hydrogen-bond acceptors (Lipinski definition) is 6. The Bertz CT molecular complexity index is 793. The van der Waals surface area contributed by atoms with Gasteiger partial charge in [0, 0.05) is 25.2 Å². The van der Waals surface area contributed by atoms with Gasteiger partial charge in [-0.05, 0) is 32.1 Å². The average molecular weight is 412 g/mol. The van der Waals surface area contributed by atoms with E-state index in [1.165, 1.54) is 19.1 Å². The summed E-state index contributed by atoms with van der Waals surface area (Å²) < 4.78 is 42.1. The minimum Gasteiger partial charge on any atom is -0.402 e. The molecular formula is C18H23F3N6O2. The predicted octanol–water partition coefficient (Wildman–Crippen LogP) is 1.47. The van der Waals surface area contributed by atoms with Crippen LogP contribution in [0.5, 0.6) is 0 Å². The van der Waals surface area contributed by atoms with Gasteiger partial charge in [-0.1, -0.05) is 0 Å². The van der Waals surface area contributed by atoms with E-state index in [0.717, 1.165) is 12.3 Å². The number of nitrogens with two attached hydrogens (primary N) is 1. The van der Waals surface area contributed by atoms with Gasteiger partial charge < -0.3 is 11.1 Å². The van der Waals surface area contributed by atoms with Crippen molar-refractivity contribution in [3.63, 3.8) is 0 Å². The van der Waals surface area contributed by atoms with Gasteiger partial charge in [-0.15, -0.1) is 0 Å². The molecule has 1 aliphatic heterocycles. The number of pyridine rings is 1. The third kappa shape index (κ3) is 6.01.